The van der Waals surface area contributed by atoms with Gasteiger partial charge in [0.05, 0.1) is 18.8 Å². The van der Waals surface area contributed by atoms with Crippen molar-refractivity contribution < 1.29 is 20.1 Å². The van der Waals surface area contributed by atoms with Crippen molar-refractivity contribution >= 4 is 0 Å². The summed E-state index contributed by atoms with van der Waals surface area (Å²) >= 11 is 0. The zero-order valence-electron chi connectivity index (χ0n) is 29.9. The normalized spacial score (nSPS) is 14.9. The first-order valence-corrected chi connectivity index (χ1v) is 15.7. The standard InChI is InChI=1S/C13H16O.C10H16O2.C8H15N.C8H14O/c1-11(2)9-10-13(3,14)12-7-5-4-6-8-12;1-9(2)3-4-10(11)5-7-12-8-6-10;2*1-7(2)5-6-8(3,4)9/h4-8,11,14H,1-3H3;9,11H,5-8H2,1-2H3;7H,9H2,1-4H3;7,9H,1-4H3. The molecule has 1 saturated heterocycles. The van der Waals surface area contributed by atoms with Gasteiger partial charge < -0.3 is 25.8 Å². The minimum Gasteiger partial charge on any atom is -0.381 e. The van der Waals surface area contributed by atoms with Crippen molar-refractivity contribution in [2.75, 3.05) is 13.2 Å². The lowest BCUT2D eigenvalue weighted by molar-refractivity contribution is -0.0262. The molecule has 1 unspecified atom stereocenters. The van der Waals surface area contributed by atoms with E-state index >= 15 is 0 Å². The maximum absolute atomic E-state index is 10.1. The second-order valence-electron chi connectivity index (χ2n) is 13.6. The molecule has 0 spiro atoms. The Kier molecular flexibility index (Phi) is 20.8. The Labute approximate surface area is 270 Å². The topological polar surface area (TPSA) is 95.9 Å². The van der Waals surface area contributed by atoms with Crippen LogP contribution in [0, 0.1) is 71.0 Å². The monoisotopic (exact) mass is 607 g/mol. The van der Waals surface area contributed by atoms with Crippen LogP contribution in [-0.2, 0) is 10.3 Å². The molecule has 1 heterocycles. The van der Waals surface area contributed by atoms with E-state index in [4.69, 9.17) is 15.6 Å². The van der Waals surface area contributed by atoms with Crippen LogP contribution in [0.3, 0.4) is 0 Å². The number of aliphatic hydroxyl groups is 3. The minimum atomic E-state index is -1.04. The van der Waals surface area contributed by atoms with Crippen LogP contribution in [-0.4, -0.2) is 45.3 Å². The van der Waals surface area contributed by atoms with Gasteiger partial charge in [0.15, 0.2) is 0 Å². The van der Waals surface area contributed by atoms with Crippen LogP contribution in [0.15, 0.2) is 30.3 Å². The predicted molar refractivity (Wildman–Crippen MR) is 186 cm³/mol. The maximum atomic E-state index is 10.1. The first-order chi connectivity index (χ1) is 20.0. The van der Waals surface area contributed by atoms with Crippen LogP contribution in [0.4, 0.5) is 0 Å². The fraction of sp³-hybridized carbons (Fsp3) is 0.641. The van der Waals surface area contributed by atoms with Crippen LogP contribution in [0.1, 0.15) is 108 Å². The quantitative estimate of drug-likeness (QED) is 0.272. The fourth-order valence-corrected chi connectivity index (χ4v) is 2.88. The van der Waals surface area contributed by atoms with E-state index in [0.29, 0.717) is 43.8 Å². The number of ether oxygens (including phenoxy) is 1. The molecule has 2 rings (SSSR count). The molecular weight excluding hydrogens is 546 g/mol. The highest BCUT2D eigenvalue weighted by atomic mass is 16.5. The van der Waals surface area contributed by atoms with Gasteiger partial charge in [-0.15, -0.1) is 0 Å². The smallest absolute Gasteiger partial charge is 0.148 e. The molecule has 0 radical (unpaired) electrons. The van der Waals surface area contributed by atoms with Crippen LogP contribution in [0.5, 0.6) is 0 Å². The van der Waals surface area contributed by atoms with Gasteiger partial charge in [-0.2, -0.15) is 0 Å². The highest BCUT2D eigenvalue weighted by Crippen LogP contribution is 2.20. The molecule has 1 aliphatic rings. The highest BCUT2D eigenvalue weighted by Gasteiger charge is 2.27. The zero-order valence-corrected chi connectivity index (χ0v) is 29.9. The van der Waals surface area contributed by atoms with Crippen LogP contribution < -0.4 is 5.73 Å². The number of nitrogens with two attached hydrogens (primary N) is 1. The van der Waals surface area contributed by atoms with Gasteiger partial charge in [0.1, 0.15) is 16.8 Å². The first kappa shape index (κ1) is 43.4. The Bertz CT molecular complexity index is 1130. The van der Waals surface area contributed by atoms with E-state index in [1.54, 1.807) is 20.8 Å². The molecule has 1 aliphatic heterocycles. The average Bonchev–Trinajstić information content (AvgIpc) is 2.90. The average molecular weight is 608 g/mol. The molecule has 5 N–H and O–H groups in total. The van der Waals surface area contributed by atoms with Crippen molar-refractivity contribution in [3.05, 3.63) is 35.9 Å². The van der Waals surface area contributed by atoms with Crippen molar-refractivity contribution in [1.82, 2.24) is 0 Å². The summed E-state index contributed by atoms with van der Waals surface area (Å²) in [7, 11) is 0. The van der Waals surface area contributed by atoms with Gasteiger partial charge in [-0.1, -0.05) is 133 Å². The lowest BCUT2D eigenvalue weighted by Gasteiger charge is -2.26. The van der Waals surface area contributed by atoms with E-state index in [1.165, 1.54) is 0 Å². The van der Waals surface area contributed by atoms with Crippen molar-refractivity contribution in [2.24, 2.45) is 29.4 Å². The third-order valence-corrected chi connectivity index (χ3v) is 5.20. The summed E-state index contributed by atoms with van der Waals surface area (Å²) in [5.74, 6) is 24.7. The number of rotatable bonds is 1. The summed E-state index contributed by atoms with van der Waals surface area (Å²) in [6.45, 7) is 26.3. The van der Waals surface area contributed by atoms with Gasteiger partial charge in [-0.05, 0) is 40.2 Å². The molecule has 1 aromatic carbocycles. The minimum absolute atomic E-state index is 0.283. The molecule has 1 atom stereocenters. The summed E-state index contributed by atoms with van der Waals surface area (Å²) in [4.78, 5) is 0. The predicted octanol–water partition coefficient (Wildman–Crippen LogP) is 6.54. The summed E-state index contributed by atoms with van der Waals surface area (Å²) < 4.78 is 5.14. The number of benzene rings is 1. The highest BCUT2D eigenvalue weighted by molar-refractivity contribution is 5.30. The lowest BCUT2D eigenvalue weighted by Crippen LogP contribution is -2.34. The van der Waals surface area contributed by atoms with E-state index < -0.39 is 16.8 Å². The van der Waals surface area contributed by atoms with Crippen molar-refractivity contribution in [3.63, 3.8) is 0 Å². The van der Waals surface area contributed by atoms with Crippen molar-refractivity contribution in [2.45, 2.75) is 125 Å². The third-order valence-electron chi connectivity index (χ3n) is 5.20. The molecule has 0 amide bonds. The van der Waals surface area contributed by atoms with Gasteiger partial charge in [0.2, 0.25) is 0 Å². The van der Waals surface area contributed by atoms with Crippen LogP contribution >= 0.6 is 0 Å². The van der Waals surface area contributed by atoms with E-state index in [0.717, 1.165) is 5.56 Å². The second-order valence-corrected chi connectivity index (χ2v) is 13.6. The molecule has 0 aliphatic carbocycles. The first-order valence-electron chi connectivity index (χ1n) is 15.7. The molecule has 0 aromatic heterocycles. The Balaban J connectivity index is 0. The van der Waals surface area contributed by atoms with Gasteiger partial charge >= 0.3 is 0 Å². The molecule has 246 valence electrons. The number of hydrogen-bond donors (Lipinski definition) is 4. The van der Waals surface area contributed by atoms with Crippen molar-refractivity contribution in [1.29, 1.82) is 0 Å². The largest absolute Gasteiger partial charge is 0.381 e. The third kappa shape index (κ3) is 28.1. The maximum Gasteiger partial charge on any atom is 0.148 e. The van der Waals surface area contributed by atoms with Gasteiger partial charge in [0, 0.05) is 36.5 Å². The van der Waals surface area contributed by atoms with E-state index in [1.807, 2.05) is 85.7 Å². The van der Waals surface area contributed by atoms with Crippen LogP contribution in [0.25, 0.3) is 0 Å². The second kappa shape index (κ2) is 21.1. The Morgan fingerprint density at radius 3 is 1.43 bits per heavy atom. The molecule has 0 bridgehead atoms. The molecule has 5 nitrogen and oxygen atoms in total. The Hall–Kier alpha value is -2.74. The van der Waals surface area contributed by atoms with Gasteiger partial charge in [-0.25, -0.2) is 0 Å². The SMILES string of the molecule is CC(C)C#CC(C)(C)N.CC(C)C#CC(C)(C)O.CC(C)C#CC(C)(O)c1ccccc1.CC(C)C#CC1(O)CCOCC1. The molecule has 44 heavy (non-hydrogen) atoms. The lowest BCUT2D eigenvalue weighted by atomic mass is 9.94. The Morgan fingerprint density at radius 1 is 0.682 bits per heavy atom. The molecule has 0 saturated carbocycles. The molecule has 1 aromatic rings. The molecular formula is C39H61NO4. The van der Waals surface area contributed by atoms with E-state index in [2.05, 4.69) is 61.2 Å². The molecule has 1 fully saturated rings. The van der Waals surface area contributed by atoms with E-state index in [9.17, 15) is 10.2 Å². The summed E-state index contributed by atoms with van der Waals surface area (Å²) in [6, 6.07) is 9.50. The van der Waals surface area contributed by atoms with Gasteiger partial charge in [0.25, 0.3) is 0 Å². The summed E-state index contributed by atoms with van der Waals surface area (Å²) in [6.07, 6.45) is 1.29. The zero-order chi connectivity index (χ0) is 34.6. The van der Waals surface area contributed by atoms with Crippen LogP contribution in [0.2, 0.25) is 0 Å². The van der Waals surface area contributed by atoms with Gasteiger partial charge in [-0.3, -0.25) is 0 Å². The summed E-state index contributed by atoms with van der Waals surface area (Å²) in [5, 5.41) is 29.0. The van der Waals surface area contributed by atoms with E-state index in [-0.39, 0.29) is 11.5 Å². The molecule has 5 heteroatoms. The Morgan fingerprint density at radius 2 is 1.09 bits per heavy atom. The summed E-state index contributed by atoms with van der Waals surface area (Å²) in [5.41, 5.74) is 3.48. The fourth-order valence-electron chi connectivity index (χ4n) is 2.88. The van der Waals surface area contributed by atoms with Crippen molar-refractivity contribution in [3.8, 4) is 47.4 Å². The number of hydrogen-bond acceptors (Lipinski definition) is 5.